The Hall–Kier alpha value is -0.870. The van der Waals surface area contributed by atoms with Gasteiger partial charge in [0.15, 0.2) is 0 Å². The minimum Gasteiger partial charge on any atom is -0.396 e. The van der Waals surface area contributed by atoms with Gasteiger partial charge < -0.3 is 5.11 Å². The van der Waals surface area contributed by atoms with Gasteiger partial charge in [-0.15, -0.1) is 0 Å². The van der Waals surface area contributed by atoms with Crippen LogP contribution >= 0.6 is 0 Å². The quantitative estimate of drug-likeness (QED) is 0.751. The summed E-state index contributed by atoms with van der Waals surface area (Å²) in [4.78, 5) is 2.37. The van der Waals surface area contributed by atoms with E-state index in [1.165, 1.54) is 5.69 Å². The lowest BCUT2D eigenvalue weighted by Crippen LogP contribution is -2.22. The molecule has 0 aromatic carbocycles. The average molecular weight is 195 g/mol. The molecule has 0 bridgehead atoms. The van der Waals surface area contributed by atoms with E-state index >= 15 is 0 Å². The van der Waals surface area contributed by atoms with E-state index in [0.29, 0.717) is 12.5 Å². The van der Waals surface area contributed by atoms with E-state index in [-0.39, 0.29) is 0 Å². The molecule has 0 spiro atoms. The van der Waals surface area contributed by atoms with Crippen LogP contribution in [0.2, 0.25) is 0 Å². The molecule has 1 N–H and O–H groups in total. The first-order valence-electron chi connectivity index (χ1n) is 5.09. The van der Waals surface area contributed by atoms with E-state index in [1.54, 1.807) is 0 Å². The number of aromatic nitrogens is 2. The SMILES string of the molecule is Cn1nccc1CN1CCC(CO)C1. The molecule has 4 nitrogen and oxygen atoms in total. The van der Waals surface area contributed by atoms with Gasteiger partial charge in [0, 0.05) is 32.9 Å². The minimum atomic E-state index is 0.321. The number of rotatable bonds is 3. The molecule has 4 heteroatoms. The van der Waals surface area contributed by atoms with Gasteiger partial charge in [-0.2, -0.15) is 5.10 Å². The van der Waals surface area contributed by atoms with Gasteiger partial charge in [-0.05, 0) is 24.9 Å². The Labute approximate surface area is 84.1 Å². The third-order valence-corrected chi connectivity index (χ3v) is 2.94. The molecule has 1 unspecified atom stereocenters. The lowest BCUT2D eigenvalue weighted by Gasteiger charge is -2.15. The van der Waals surface area contributed by atoms with E-state index in [1.807, 2.05) is 24.0 Å². The van der Waals surface area contributed by atoms with E-state index < -0.39 is 0 Å². The van der Waals surface area contributed by atoms with E-state index in [9.17, 15) is 0 Å². The molecule has 1 aromatic heterocycles. The van der Waals surface area contributed by atoms with E-state index in [0.717, 1.165) is 26.1 Å². The molecule has 2 heterocycles. The summed E-state index contributed by atoms with van der Waals surface area (Å²) in [5.74, 6) is 0.475. The number of aryl methyl sites for hydroxylation is 1. The van der Waals surface area contributed by atoms with Crippen molar-refractivity contribution in [2.45, 2.75) is 13.0 Å². The maximum Gasteiger partial charge on any atom is 0.0521 e. The molecule has 0 aliphatic carbocycles. The van der Waals surface area contributed by atoms with E-state index in [4.69, 9.17) is 5.11 Å². The minimum absolute atomic E-state index is 0.321. The van der Waals surface area contributed by atoms with Crippen LogP contribution in [0, 0.1) is 5.92 Å². The molecule has 1 atom stereocenters. The summed E-state index contributed by atoms with van der Waals surface area (Å²) < 4.78 is 1.91. The molecule has 1 fully saturated rings. The Bertz CT molecular complexity index is 297. The van der Waals surface area contributed by atoms with Gasteiger partial charge in [0.2, 0.25) is 0 Å². The summed E-state index contributed by atoms with van der Waals surface area (Å²) in [5.41, 5.74) is 1.24. The van der Waals surface area contributed by atoms with Crippen LogP contribution in [-0.2, 0) is 13.6 Å². The van der Waals surface area contributed by atoms with Crippen molar-refractivity contribution >= 4 is 0 Å². The van der Waals surface area contributed by atoms with Crippen molar-refractivity contribution in [1.29, 1.82) is 0 Å². The second kappa shape index (κ2) is 4.11. The van der Waals surface area contributed by atoms with Crippen molar-refractivity contribution in [3.63, 3.8) is 0 Å². The number of aliphatic hydroxyl groups excluding tert-OH is 1. The monoisotopic (exact) mass is 195 g/mol. The molecule has 14 heavy (non-hydrogen) atoms. The highest BCUT2D eigenvalue weighted by Gasteiger charge is 2.21. The molecule has 1 saturated heterocycles. The second-order valence-electron chi connectivity index (χ2n) is 4.02. The summed E-state index contributed by atoms with van der Waals surface area (Å²) in [6, 6.07) is 2.05. The molecule has 1 aliphatic rings. The third kappa shape index (κ3) is 1.96. The summed E-state index contributed by atoms with van der Waals surface area (Å²) in [7, 11) is 1.97. The molecular weight excluding hydrogens is 178 g/mol. The van der Waals surface area contributed by atoms with Crippen LogP contribution in [0.3, 0.4) is 0 Å². The van der Waals surface area contributed by atoms with Crippen molar-refractivity contribution in [3.05, 3.63) is 18.0 Å². The van der Waals surface area contributed by atoms with Crippen LogP contribution in [0.25, 0.3) is 0 Å². The van der Waals surface area contributed by atoms with Gasteiger partial charge in [-0.25, -0.2) is 0 Å². The van der Waals surface area contributed by atoms with Gasteiger partial charge in [0.25, 0.3) is 0 Å². The predicted molar refractivity (Wildman–Crippen MR) is 53.7 cm³/mol. The van der Waals surface area contributed by atoms with Gasteiger partial charge >= 0.3 is 0 Å². The van der Waals surface area contributed by atoms with Gasteiger partial charge in [-0.1, -0.05) is 0 Å². The molecule has 0 radical (unpaired) electrons. The zero-order valence-electron chi connectivity index (χ0n) is 8.56. The number of hydrogen-bond donors (Lipinski definition) is 1. The Morgan fingerprint density at radius 3 is 3.07 bits per heavy atom. The molecule has 1 aromatic rings. The number of hydrogen-bond acceptors (Lipinski definition) is 3. The van der Waals surface area contributed by atoms with Crippen LogP contribution in [0.1, 0.15) is 12.1 Å². The standard InChI is InChI=1S/C10H17N3O/c1-12-10(2-4-11-12)7-13-5-3-9(6-13)8-14/h2,4,9,14H,3,5-8H2,1H3. The Morgan fingerprint density at radius 1 is 1.64 bits per heavy atom. The normalized spacial score (nSPS) is 23.1. The summed E-state index contributed by atoms with van der Waals surface area (Å²) in [6.07, 6.45) is 2.95. The zero-order chi connectivity index (χ0) is 9.97. The largest absolute Gasteiger partial charge is 0.396 e. The molecule has 0 amide bonds. The first kappa shape index (κ1) is 9.68. The number of aliphatic hydroxyl groups is 1. The zero-order valence-corrected chi connectivity index (χ0v) is 8.56. The Morgan fingerprint density at radius 2 is 2.50 bits per heavy atom. The fourth-order valence-corrected chi connectivity index (χ4v) is 1.99. The maximum atomic E-state index is 9.02. The van der Waals surface area contributed by atoms with Gasteiger partial charge in [-0.3, -0.25) is 9.58 Å². The highest BCUT2D eigenvalue weighted by atomic mass is 16.3. The summed E-state index contributed by atoms with van der Waals surface area (Å²) in [5, 5.41) is 13.2. The number of nitrogens with zero attached hydrogens (tertiary/aromatic N) is 3. The molecule has 0 saturated carbocycles. The Balaban J connectivity index is 1.90. The third-order valence-electron chi connectivity index (χ3n) is 2.94. The van der Waals surface area contributed by atoms with Crippen LogP contribution in [0.15, 0.2) is 12.3 Å². The fraction of sp³-hybridized carbons (Fsp3) is 0.700. The predicted octanol–water partition coefficient (Wildman–Crippen LogP) is 0.234. The molecule has 2 rings (SSSR count). The lowest BCUT2D eigenvalue weighted by atomic mass is 10.1. The van der Waals surface area contributed by atoms with Crippen molar-refractivity contribution in [3.8, 4) is 0 Å². The second-order valence-corrected chi connectivity index (χ2v) is 4.02. The summed E-state index contributed by atoms with van der Waals surface area (Å²) in [6.45, 7) is 3.38. The first-order chi connectivity index (χ1) is 6.79. The number of likely N-dealkylation sites (tertiary alicyclic amines) is 1. The lowest BCUT2D eigenvalue weighted by molar-refractivity contribution is 0.219. The van der Waals surface area contributed by atoms with Crippen LogP contribution in [0.5, 0.6) is 0 Å². The smallest absolute Gasteiger partial charge is 0.0521 e. The first-order valence-corrected chi connectivity index (χ1v) is 5.09. The van der Waals surface area contributed by atoms with E-state index in [2.05, 4.69) is 10.00 Å². The van der Waals surface area contributed by atoms with Crippen LogP contribution in [0.4, 0.5) is 0 Å². The van der Waals surface area contributed by atoms with Crippen molar-refractivity contribution in [2.24, 2.45) is 13.0 Å². The average Bonchev–Trinajstić information content (AvgIpc) is 2.77. The molecule has 1 aliphatic heterocycles. The van der Waals surface area contributed by atoms with Crippen molar-refractivity contribution in [1.82, 2.24) is 14.7 Å². The van der Waals surface area contributed by atoms with Crippen LogP contribution < -0.4 is 0 Å². The van der Waals surface area contributed by atoms with Gasteiger partial charge in [0.1, 0.15) is 0 Å². The fourth-order valence-electron chi connectivity index (χ4n) is 1.99. The molecular formula is C10H17N3O. The van der Waals surface area contributed by atoms with Crippen molar-refractivity contribution < 1.29 is 5.11 Å². The Kier molecular flexibility index (Phi) is 2.84. The molecule has 78 valence electrons. The summed E-state index contributed by atoms with van der Waals surface area (Å²) >= 11 is 0. The highest BCUT2D eigenvalue weighted by Crippen LogP contribution is 2.17. The maximum absolute atomic E-state index is 9.02. The van der Waals surface area contributed by atoms with Gasteiger partial charge in [0.05, 0.1) is 5.69 Å². The highest BCUT2D eigenvalue weighted by molar-refractivity contribution is 5.00. The topological polar surface area (TPSA) is 41.3 Å². The van der Waals surface area contributed by atoms with Crippen molar-refractivity contribution in [2.75, 3.05) is 19.7 Å². The van der Waals surface area contributed by atoms with Crippen LogP contribution in [-0.4, -0.2) is 39.5 Å².